The molecule has 0 saturated heterocycles. The molecule has 0 atom stereocenters. The van der Waals surface area contributed by atoms with Crippen molar-refractivity contribution in [3.05, 3.63) is 119 Å². The number of fused-ring (bicyclic) bond motifs is 2. The number of phenols is 2. The molecule has 6 aromatic rings. The van der Waals surface area contributed by atoms with Crippen LogP contribution in [0.5, 0.6) is 11.5 Å². The van der Waals surface area contributed by atoms with Crippen molar-refractivity contribution in [1.82, 2.24) is 0 Å². The van der Waals surface area contributed by atoms with Gasteiger partial charge in [-0.05, 0) is 110 Å². The first-order valence-corrected chi connectivity index (χ1v) is 19.1. The summed E-state index contributed by atoms with van der Waals surface area (Å²) in [7, 11) is -9.27. The normalized spacial score (nSPS) is 11.6. The molecule has 18 heteroatoms. The van der Waals surface area contributed by atoms with E-state index in [0.29, 0.717) is 11.1 Å². The number of benzene rings is 6. The molecule has 0 unspecified atom stereocenters. The maximum atomic E-state index is 13.4. The molecule has 0 spiro atoms. The predicted octanol–water partition coefficient (Wildman–Crippen LogP) is 5.60. The summed E-state index contributed by atoms with van der Waals surface area (Å²) < 4.78 is 66.9. The molecule has 6 aromatic carbocycles. The molecule has 0 aromatic heterocycles. The van der Waals surface area contributed by atoms with Crippen LogP contribution in [0.4, 0.5) is 22.7 Å². The van der Waals surface area contributed by atoms with Crippen LogP contribution < -0.4 is 21.3 Å². The van der Waals surface area contributed by atoms with E-state index in [1.807, 2.05) is 0 Å². The number of anilines is 4. The highest BCUT2D eigenvalue weighted by Gasteiger charge is 2.22. The van der Waals surface area contributed by atoms with Crippen LogP contribution in [-0.2, 0) is 29.8 Å². The number of amides is 4. The third-order valence-corrected chi connectivity index (χ3v) is 10.5. The van der Waals surface area contributed by atoms with E-state index in [0.717, 1.165) is 12.1 Å². The van der Waals surface area contributed by atoms with Crippen LogP contribution in [0.15, 0.2) is 107 Å². The van der Waals surface area contributed by atoms with Crippen LogP contribution in [0.1, 0.15) is 31.8 Å². The fraction of sp³-hybridized carbons (Fsp3) is 0.0526. The number of hydrogen-bond acceptors (Lipinski definition) is 10. The van der Waals surface area contributed by atoms with Gasteiger partial charge in [0.1, 0.15) is 21.3 Å². The van der Waals surface area contributed by atoms with Gasteiger partial charge in [0.05, 0.1) is 0 Å². The van der Waals surface area contributed by atoms with Crippen LogP contribution >= 0.6 is 0 Å². The molecular weight excluding hydrogens is 769 g/mol. The first-order valence-electron chi connectivity index (χ1n) is 16.2. The number of aryl methyl sites for hydroxylation is 2. The maximum absolute atomic E-state index is 13.4. The number of nitrogens with one attached hydrogen (secondary N) is 4. The lowest BCUT2D eigenvalue weighted by atomic mass is 10.1. The molecule has 0 heterocycles. The zero-order valence-corrected chi connectivity index (χ0v) is 30.7. The Balaban J connectivity index is 1.17. The van der Waals surface area contributed by atoms with E-state index in [1.165, 1.54) is 84.9 Å². The standard InChI is InChI=1S/C38H30N4O12S2/c1-19-3-5-21(15-27(19)35(45)41-31-11-13-33(55(49,50)51)25-9-7-23(43)17-29(25)31)39-37(47)38(48)40-22-6-4-20(2)28(16-22)36(46)42-32-12-14-34(56(52,53)54)26-10-8-24(44)18-30(26)32/h3-18,43-44H,1-2H3,(H,39,47)(H,40,48)(H,41,45)(H,42,46)(H,49,50,51)(H,52,53,54). The van der Waals surface area contributed by atoms with Crippen molar-refractivity contribution >= 4 is 88.2 Å². The molecule has 6 rings (SSSR count). The van der Waals surface area contributed by atoms with Crippen molar-refractivity contribution < 1.29 is 55.3 Å². The minimum absolute atomic E-state index is 0.0380. The monoisotopic (exact) mass is 798 g/mol. The SMILES string of the molecule is Cc1ccc(NC(=O)C(=O)Nc2ccc(C)c(C(=O)Nc3ccc(S(=O)(=O)O)c4ccc(O)cc34)c2)cc1C(=O)Nc1ccc(S(=O)(=O)O)c2ccc(O)cc12. The number of hydrogen-bond donors (Lipinski definition) is 8. The smallest absolute Gasteiger partial charge is 0.314 e. The van der Waals surface area contributed by atoms with Crippen LogP contribution in [0.25, 0.3) is 21.5 Å². The molecule has 0 aliphatic rings. The van der Waals surface area contributed by atoms with E-state index >= 15 is 0 Å². The van der Waals surface area contributed by atoms with Gasteiger partial charge in [0.15, 0.2) is 0 Å². The van der Waals surface area contributed by atoms with Crippen LogP contribution in [-0.4, -0.2) is 59.8 Å². The highest BCUT2D eigenvalue weighted by atomic mass is 32.2. The number of carbonyl (C=O) groups excluding carboxylic acids is 4. The summed E-state index contributed by atoms with van der Waals surface area (Å²) in [6.45, 7) is 3.23. The average Bonchev–Trinajstić information content (AvgIpc) is 3.12. The lowest BCUT2D eigenvalue weighted by Gasteiger charge is -2.14. The molecule has 0 aliphatic carbocycles. The zero-order chi connectivity index (χ0) is 40.7. The van der Waals surface area contributed by atoms with Crippen LogP contribution in [0.3, 0.4) is 0 Å². The van der Waals surface area contributed by atoms with Crippen molar-refractivity contribution in [3.63, 3.8) is 0 Å². The largest absolute Gasteiger partial charge is 0.508 e. The second-order valence-electron chi connectivity index (χ2n) is 12.5. The minimum atomic E-state index is -4.64. The van der Waals surface area contributed by atoms with Gasteiger partial charge in [-0.25, -0.2) is 0 Å². The molecule has 8 N–H and O–H groups in total. The van der Waals surface area contributed by atoms with Gasteiger partial charge < -0.3 is 31.5 Å². The third kappa shape index (κ3) is 8.12. The quantitative estimate of drug-likeness (QED) is 0.0691. The van der Waals surface area contributed by atoms with E-state index in [2.05, 4.69) is 21.3 Å². The Morgan fingerprint density at radius 1 is 0.464 bits per heavy atom. The van der Waals surface area contributed by atoms with E-state index in [-0.39, 0.29) is 66.9 Å². The number of aromatic hydroxyl groups is 2. The fourth-order valence-electron chi connectivity index (χ4n) is 5.93. The lowest BCUT2D eigenvalue weighted by Crippen LogP contribution is -2.29. The summed E-state index contributed by atoms with van der Waals surface area (Å²) in [6.07, 6.45) is 0. The molecular formula is C38H30N4O12S2. The fourth-order valence-corrected chi connectivity index (χ4v) is 7.32. The van der Waals surface area contributed by atoms with Gasteiger partial charge in [0.25, 0.3) is 32.1 Å². The number of carbonyl (C=O) groups is 4. The zero-order valence-electron chi connectivity index (χ0n) is 29.1. The summed E-state index contributed by atoms with van der Waals surface area (Å²) in [5.74, 6) is -4.08. The summed E-state index contributed by atoms with van der Waals surface area (Å²) >= 11 is 0. The average molecular weight is 799 g/mol. The van der Waals surface area contributed by atoms with E-state index in [1.54, 1.807) is 13.8 Å². The summed E-state index contributed by atoms with van der Waals surface area (Å²) in [6, 6.07) is 20.6. The van der Waals surface area contributed by atoms with Gasteiger partial charge in [0.2, 0.25) is 0 Å². The van der Waals surface area contributed by atoms with Crippen molar-refractivity contribution in [2.75, 3.05) is 21.3 Å². The molecule has 16 nitrogen and oxygen atoms in total. The van der Waals surface area contributed by atoms with Crippen molar-refractivity contribution in [2.45, 2.75) is 23.6 Å². The Hall–Kier alpha value is -6.86. The van der Waals surface area contributed by atoms with Gasteiger partial charge in [-0.15, -0.1) is 0 Å². The van der Waals surface area contributed by atoms with Gasteiger partial charge in [-0.3, -0.25) is 28.3 Å². The van der Waals surface area contributed by atoms with Crippen LogP contribution in [0.2, 0.25) is 0 Å². The molecule has 0 aliphatic heterocycles. The second-order valence-corrected chi connectivity index (χ2v) is 15.3. The Labute approximate surface area is 318 Å². The molecule has 0 saturated carbocycles. The van der Waals surface area contributed by atoms with E-state index in [4.69, 9.17) is 0 Å². The number of phenolic OH excluding ortho intramolecular Hbond substituents is 2. The Morgan fingerprint density at radius 2 is 0.839 bits per heavy atom. The highest BCUT2D eigenvalue weighted by Crippen LogP contribution is 2.34. The summed E-state index contributed by atoms with van der Waals surface area (Å²) in [5.41, 5.74) is 1.42. The van der Waals surface area contributed by atoms with E-state index < -0.39 is 53.7 Å². The first-order chi connectivity index (χ1) is 26.3. The molecule has 0 bridgehead atoms. The van der Waals surface area contributed by atoms with Gasteiger partial charge in [-0.1, -0.05) is 12.1 Å². The molecule has 0 fully saturated rings. The first kappa shape index (κ1) is 38.9. The number of rotatable bonds is 8. The summed E-state index contributed by atoms with van der Waals surface area (Å²) in [5, 5.41) is 30.5. The van der Waals surface area contributed by atoms with Gasteiger partial charge in [-0.2, -0.15) is 16.8 Å². The second kappa shape index (κ2) is 14.8. The van der Waals surface area contributed by atoms with E-state index in [9.17, 15) is 55.3 Å². The van der Waals surface area contributed by atoms with Crippen LogP contribution in [0, 0.1) is 13.8 Å². The third-order valence-electron chi connectivity index (χ3n) is 8.66. The Bertz CT molecular complexity index is 2700. The molecule has 4 amide bonds. The maximum Gasteiger partial charge on any atom is 0.314 e. The minimum Gasteiger partial charge on any atom is -0.508 e. The summed E-state index contributed by atoms with van der Waals surface area (Å²) in [4.78, 5) is 51.9. The topological polar surface area (TPSA) is 266 Å². The van der Waals surface area contributed by atoms with Gasteiger partial charge >= 0.3 is 11.8 Å². The Morgan fingerprint density at radius 3 is 1.20 bits per heavy atom. The lowest BCUT2D eigenvalue weighted by molar-refractivity contribution is -0.132. The van der Waals surface area contributed by atoms with Crippen molar-refractivity contribution in [1.29, 1.82) is 0 Å². The van der Waals surface area contributed by atoms with Crippen molar-refractivity contribution in [3.8, 4) is 11.5 Å². The highest BCUT2D eigenvalue weighted by molar-refractivity contribution is 7.86. The van der Waals surface area contributed by atoms with Crippen molar-refractivity contribution in [2.24, 2.45) is 0 Å². The predicted molar refractivity (Wildman–Crippen MR) is 206 cm³/mol. The Kier molecular flexibility index (Phi) is 10.2. The molecule has 56 heavy (non-hydrogen) atoms. The molecule has 286 valence electrons. The van der Waals surface area contributed by atoms with Gasteiger partial charge in [0, 0.05) is 55.4 Å². The molecule has 0 radical (unpaired) electrons.